The molecule has 0 aromatic heterocycles. The predicted octanol–water partition coefficient (Wildman–Crippen LogP) is 3.28. The Kier molecular flexibility index (Phi) is 3.86. The molecule has 0 N–H and O–H groups in total. The summed E-state index contributed by atoms with van der Waals surface area (Å²) in [7, 11) is -0.937. The largest absolute Gasteiger partial charge is 0.254 e. The Morgan fingerprint density at radius 1 is 1.27 bits per heavy atom. The van der Waals surface area contributed by atoms with Gasteiger partial charge in [0.05, 0.1) is 10.8 Å². The Morgan fingerprint density at radius 2 is 1.80 bits per heavy atom. The van der Waals surface area contributed by atoms with E-state index in [2.05, 4.69) is 39.5 Å². The quantitative estimate of drug-likeness (QED) is 0.717. The second-order valence-electron chi connectivity index (χ2n) is 4.58. The monoisotopic (exact) mass is 222 g/mol. The summed E-state index contributed by atoms with van der Waals surface area (Å²) in [6.07, 6.45) is 1.69. The van der Waals surface area contributed by atoms with Crippen LogP contribution >= 0.6 is 0 Å². The van der Waals surface area contributed by atoms with Crippen LogP contribution in [-0.4, -0.2) is 9.96 Å². The molecule has 1 aromatic carbocycles. The van der Waals surface area contributed by atoms with Gasteiger partial charge < -0.3 is 0 Å². The molecule has 15 heavy (non-hydrogen) atoms. The summed E-state index contributed by atoms with van der Waals surface area (Å²) in [5.74, 6) is 0.523. The van der Waals surface area contributed by atoms with E-state index in [-0.39, 0.29) is 5.41 Å². The van der Waals surface area contributed by atoms with E-state index in [1.165, 1.54) is 5.56 Å². The Labute approximate surface area is 94.7 Å². The summed E-state index contributed by atoms with van der Waals surface area (Å²) in [6, 6.07) is 7.99. The van der Waals surface area contributed by atoms with Gasteiger partial charge in [-0.3, -0.25) is 4.21 Å². The SMILES string of the molecule is C=CCS(=O)c1ccc(C(C)(C)C)cc1. The van der Waals surface area contributed by atoms with Gasteiger partial charge in [0.25, 0.3) is 0 Å². The van der Waals surface area contributed by atoms with E-state index in [0.717, 1.165) is 4.90 Å². The number of hydrogen-bond donors (Lipinski definition) is 0. The molecule has 0 saturated heterocycles. The molecule has 82 valence electrons. The topological polar surface area (TPSA) is 17.1 Å². The maximum absolute atomic E-state index is 11.6. The molecule has 0 bridgehead atoms. The van der Waals surface area contributed by atoms with Crippen molar-refractivity contribution in [1.82, 2.24) is 0 Å². The zero-order chi connectivity index (χ0) is 11.5. The molecule has 0 fully saturated rings. The summed E-state index contributed by atoms with van der Waals surface area (Å²) in [6.45, 7) is 10.1. The highest BCUT2D eigenvalue weighted by atomic mass is 32.2. The molecule has 0 radical (unpaired) electrons. The first-order chi connectivity index (χ1) is 6.95. The van der Waals surface area contributed by atoms with Gasteiger partial charge in [0.1, 0.15) is 0 Å². The average Bonchev–Trinajstić information content (AvgIpc) is 2.17. The summed E-state index contributed by atoms with van der Waals surface area (Å²) in [5.41, 5.74) is 1.42. The third-order valence-corrected chi connectivity index (χ3v) is 3.59. The van der Waals surface area contributed by atoms with Crippen LogP contribution in [0.25, 0.3) is 0 Å². The van der Waals surface area contributed by atoms with Gasteiger partial charge in [0.15, 0.2) is 0 Å². The number of hydrogen-bond acceptors (Lipinski definition) is 1. The molecule has 0 saturated carbocycles. The molecular weight excluding hydrogens is 204 g/mol. The highest BCUT2D eigenvalue weighted by Gasteiger charge is 2.13. The molecular formula is C13H18OS. The molecule has 1 unspecified atom stereocenters. The van der Waals surface area contributed by atoms with E-state index >= 15 is 0 Å². The van der Waals surface area contributed by atoms with Crippen molar-refractivity contribution in [1.29, 1.82) is 0 Å². The van der Waals surface area contributed by atoms with Crippen LogP contribution < -0.4 is 0 Å². The highest BCUT2D eigenvalue weighted by Crippen LogP contribution is 2.22. The molecule has 1 atom stereocenters. The Balaban J connectivity index is 2.90. The highest BCUT2D eigenvalue weighted by molar-refractivity contribution is 7.85. The van der Waals surface area contributed by atoms with Crippen LogP contribution in [0.4, 0.5) is 0 Å². The van der Waals surface area contributed by atoms with Crippen LogP contribution in [0.15, 0.2) is 41.8 Å². The van der Waals surface area contributed by atoms with E-state index < -0.39 is 10.8 Å². The maximum Gasteiger partial charge on any atom is 0.0567 e. The summed E-state index contributed by atoms with van der Waals surface area (Å²) >= 11 is 0. The van der Waals surface area contributed by atoms with E-state index in [9.17, 15) is 4.21 Å². The normalized spacial score (nSPS) is 13.5. The molecule has 2 heteroatoms. The van der Waals surface area contributed by atoms with E-state index in [0.29, 0.717) is 5.75 Å². The smallest absolute Gasteiger partial charge is 0.0567 e. The van der Waals surface area contributed by atoms with Crippen LogP contribution in [0.5, 0.6) is 0 Å². The molecule has 0 aliphatic heterocycles. The van der Waals surface area contributed by atoms with Gasteiger partial charge in [-0.15, -0.1) is 6.58 Å². The Morgan fingerprint density at radius 3 is 2.20 bits per heavy atom. The van der Waals surface area contributed by atoms with Crippen LogP contribution in [0.1, 0.15) is 26.3 Å². The van der Waals surface area contributed by atoms with Crippen molar-refractivity contribution in [2.75, 3.05) is 5.75 Å². The Hall–Kier alpha value is -0.890. The van der Waals surface area contributed by atoms with Gasteiger partial charge in [-0.25, -0.2) is 0 Å². The molecule has 0 spiro atoms. The third-order valence-electron chi connectivity index (χ3n) is 2.25. The van der Waals surface area contributed by atoms with Crippen molar-refractivity contribution < 1.29 is 4.21 Å². The number of benzene rings is 1. The summed E-state index contributed by atoms with van der Waals surface area (Å²) in [5, 5.41) is 0. The summed E-state index contributed by atoms with van der Waals surface area (Å²) < 4.78 is 11.6. The first-order valence-corrected chi connectivity index (χ1v) is 6.37. The fraction of sp³-hybridized carbons (Fsp3) is 0.385. The van der Waals surface area contributed by atoms with Crippen molar-refractivity contribution in [3.8, 4) is 0 Å². The van der Waals surface area contributed by atoms with E-state index in [1.807, 2.05) is 12.1 Å². The van der Waals surface area contributed by atoms with Gasteiger partial charge in [0, 0.05) is 10.6 Å². The fourth-order valence-corrected chi connectivity index (χ4v) is 2.16. The minimum atomic E-state index is -0.937. The van der Waals surface area contributed by atoms with Crippen molar-refractivity contribution in [3.63, 3.8) is 0 Å². The minimum absolute atomic E-state index is 0.151. The molecule has 0 aliphatic carbocycles. The van der Waals surface area contributed by atoms with Gasteiger partial charge in [0.2, 0.25) is 0 Å². The zero-order valence-electron chi connectivity index (χ0n) is 9.62. The van der Waals surface area contributed by atoms with Gasteiger partial charge >= 0.3 is 0 Å². The lowest BCUT2D eigenvalue weighted by atomic mass is 9.87. The van der Waals surface area contributed by atoms with Crippen molar-refractivity contribution in [3.05, 3.63) is 42.5 Å². The van der Waals surface area contributed by atoms with Crippen LogP contribution in [-0.2, 0) is 16.2 Å². The molecule has 1 nitrogen and oxygen atoms in total. The van der Waals surface area contributed by atoms with Gasteiger partial charge in [-0.05, 0) is 23.1 Å². The maximum atomic E-state index is 11.6. The third kappa shape index (κ3) is 3.31. The predicted molar refractivity (Wildman–Crippen MR) is 66.6 cm³/mol. The molecule has 1 rings (SSSR count). The first-order valence-electron chi connectivity index (χ1n) is 5.05. The van der Waals surface area contributed by atoms with Crippen molar-refractivity contribution in [2.45, 2.75) is 31.1 Å². The summed E-state index contributed by atoms with van der Waals surface area (Å²) in [4.78, 5) is 0.878. The van der Waals surface area contributed by atoms with Crippen LogP contribution in [0.3, 0.4) is 0 Å². The zero-order valence-corrected chi connectivity index (χ0v) is 10.4. The van der Waals surface area contributed by atoms with Gasteiger partial charge in [-0.1, -0.05) is 39.0 Å². The Bertz CT molecular complexity index is 357. The van der Waals surface area contributed by atoms with Crippen molar-refractivity contribution in [2.24, 2.45) is 0 Å². The second-order valence-corrected chi connectivity index (χ2v) is 6.07. The number of rotatable bonds is 3. The lowest BCUT2D eigenvalue weighted by Gasteiger charge is -2.18. The standard InChI is InChI=1S/C13H18OS/c1-5-10-15(14)12-8-6-11(7-9-12)13(2,3)4/h5-9H,1,10H2,2-4H3. The molecule has 1 aromatic rings. The van der Waals surface area contributed by atoms with Gasteiger partial charge in [-0.2, -0.15) is 0 Å². The lowest BCUT2D eigenvalue weighted by molar-refractivity contribution is 0.589. The lowest BCUT2D eigenvalue weighted by Crippen LogP contribution is -2.10. The van der Waals surface area contributed by atoms with Crippen LogP contribution in [0.2, 0.25) is 0 Å². The second kappa shape index (κ2) is 4.75. The molecule has 0 amide bonds. The van der Waals surface area contributed by atoms with E-state index in [1.54, 1.807) is 6.08 Å². The average molecular weight is 222 g/mol. The van der Waals surface area contributed by atoms with Crippen molar-refractivity contribution >= 4 is 10.8 Å². The fourth-order valence-electron chi connectivity index (χ4n) is 1.31. The molecule has 0 heterocycles. The van der Waals surface area contributed by atoms with E-state index in [4.69, 9.17) is 0 Å². The first kappa shape index (κ1) is 12.2. The minimum Gasteiger partial charge on any atom is -0.254 e. The van der Waals surface area contributed by atoms with Crippen LogP contribution in [0, 0.1) is 0 Å². The molecule has 0 aliphatic rings.